The van der Waals surface area contributed by atoms with Crippen LogP contribution in [0.2, 0.25) is 0 Å². The standard InChI is InChI=1S/C9H12N2O4S2/c1-5(12)10-9-11(6(2)13)7-3-17(14,15)4-8(7)16-9/h7-8H,3-4H2,1-2H3/t7-,8-/m1/s1. The number of hydrogen-bond donors (Lipinski definition) is 0. The van der Waals surface area contributed by atoms with Crippen LogP contribution in [-0.4, -0.2) is 53.1 Å². The van der Waals surface area contributed by atoms with Crippen molar-refractivity contribution in [3.05, 3.63) is 0 Å². The quantitative estimate of drug-likeness (QED) is 0.604. The van der Waals surface area contributed by atoms with Crippen molar-refractivity contribution < 1.29 is 18.0 Å². The molecule has 2 heterocycles. The zero-order valence-corrected chi connectivity index (χ0v) is 11.0. The molecule has 2 saturated heterocycles. The predicted molar refractivity (Wildman–Crippen MR) is 64.5 cm³/mol. The van der Waals surface area contributed by atoms with E-state index < -0.39 is 9.84 Å². The van der Waals surface area contributed by atoms with E-state index in [0.29, 0.717) is 5.17 Å². The molecular formula is C9H12N2O4S2. The van der Waals surface area contributed by atoms with Crippen molar-refractivity contribution >= 4 is 38.6 Å². The maximum absolute atomic E-state index is 11.5. The lowest BCUT2D eigenvalue weighted by atomic mass is 10.2. The van der Waals surface area contributed by atoms with Crippen LogP contribution >= 0.6 is 11.8 Å². The van der Waals surface area contributed by atoms with E-state index in [1.807, 2.05) is 0 Å². The van der Waals surface area contributed by atoms with Gasteiger partial charge in [-0.05, 0) is 0 Å². The Morgan fingerprint density at radius 1 is 1.35 bits per heavy atom. The van der Waals surface area contributed by atoms with E-state index in [9.17, 15) is 18.0 Å². The van der Waals surface area contributed by atoms with E-state index in [-0.39, 0.29) is 34.6 Å². The highest BCUT2D eigenvalue weighted by molar-refractivity contribution is 8.15. The molecule has 94 valence electrons. The number of carbonyl (C=O) groups excluding carboxylic acids is 2. The highest BCUT2D eigenvalue weighted by atomic mass is 32.2. The first kappa shape index (κ1) is 12.6. The highest BCUT2D eigenvalue weighted by Gasteiger charge is 2.50. The summed E-state index contributed by atoms with van der Waals surface area (Å²) >= 11 is 1.20. The topological polar surface area (TPSA) is 83.9 Å². The average Bonchev–Trinajstić information content (AvgIpc) is 2.53. The number of rotatable bonds is 0. The molecule has 2 fully saturated rings. The van der Waals surface area contributed by atoms with E-state index in [4.69, 9.17) is 0 Å². The Hall–Kier alpha value is -0.890. The van der Waals surface area contributed by atoms with Gasteiger partial charge in [0.1, 0.15) is 0 Å². The van der Waals surface area contributed by atoms with Gasteiger partial charge in [0.25, 0.3) is 0 Å². The number of amides is 2. The van der Waals surface area contributed by atoms with Crippen LogP contribution in [-0.2, 0) is 19.4 Å². The van der Waals surface area contributed by atoms with Crippen molar-refractivity contribution in [3.8, 4) is 0 Å². The molecule has 2 aliphatic heterocycles. The number of sulfone groups is 1. The summed E-state index contributed by atoms with van der Waals surface area (Å²) in [6.45, 7) is 2.65. The SMILES string of the molecule is CC(=O)N=C1S[C@@H]2CS(=O)(=O)C[C@H]2N1C(C)=O. The molecule has 0 aliphatic carbocycles. The van der Waals surface area contributed by atoms with Gasteiger partial charge in [-0.15, -0.1) is 0 Å². The summed E-state index contributed by atoms with van der Waals surface area (Å²) in [6, 6.07) is -0.374. The third-order valence-electron chi connectivity index (χ3n) is 2.66. The second-order valence-corrected chi connectivity index (χ2v) is 7.46. The van der Waals surface area contributed by atoms with Gasteiger partial charge in [-0.25, -0.2) is 8.42 Å². The number of amidine groups is 1. The summed E-state index contributed by atoms with van der Waals surface area (Å²) in [7, 11) is -3.08. The van der Waals surface area contributed by atoms with Crippen molar-refractivity contribution in [2.24, 2.45) is 4.99 Å². The second kappa shape index (κ2) is 4.09. The zero-order valence-electron chi connectivity index (χ0n) is 9.41. The zero-order chi connectivity index (χ0) is 12.8. The molecule has 0 N–H and O–H groups in total. The largest absolute Gasteiger partial charge is 0.286 e. The maximum Gasteiger partial charge on any atom is 0.244 e. The lowest BCUT2D eigenvalue weighted by molar-refractivity contribution is -0.125. The third-order valence-corrected chi connectivity index (χ3v) is 5.87. The fraction of sp³-hybridized carbons (Fsp3) is 0.667. The first-order valence-electron chi connectivity index (χ1n) is 5.06. The number of fused-ring (bicyclic) bond motifs is 1. The first-order chi connectivity index (χ1) is 7.80. The molecule has 6 nitrogen and oxygen atoms in total. The van der Waals surface area contributed by atoms with Gasteiger partial charge >= 0.3 is 0 Å². The molecule has 0 bridgehead atoms. The Balaban J connectivity index is 2.34. The number of thioether (sulfide) groups is 1. The van der Waals surface area contributed by atoms with Crippen LogP contribution in [0.25, 0.3) is 0 Å². The van der Waals surface area contributed by atoms with Crippen molar-refractivity contribution in [2.75, 3.05) is 11.5 Å². The lowest BCUT2D eigenvalue weighted by Crippen LogP contribution is -2.40. The minimum absolute atomic E-state index is 0.0405. The predicted octanol–water partition coefficient (Wildman–Crippen LogP) is -0.350. The molecular weight excluding hydrogens is 264 g/mol. The smallest absolute Gasteiger partial charge is 0.244 e. The van der Waals surface area contributed by atoms with Gasteiger partial charge in [0.2, 0.25) is 11.8 Å². The summed E-state index contributed by atoms with van der Waals surface area (Å²) in [5.74, 6) is -0.659. The van der Waals surface area contributed by atoms with Crippen LogP contribution in [0.1, 0.15) is 13.8 Å². The summed E-state index contributed by atoms with van der Waals surface area (Å²) in [5, 5.41) is 0.136. The lowest BCUT2D eigenvalue weighted by Gasteiger charge is -2.19. The minimum Gasteiger partial charge on any atom is -0.286 e. The van der Waals surface area contributed by atoms with E-state index in [1.165, 1.54) is 30.5 Å². The molecule has 0 radical (unpaired) electrons. The van der Waals surface area contributed by atoms with Crippen molar-refractivity contribution in [2.45, 2.75) is 25.1 Å². The highest BCUT2D eigenvalue weighted by Crippen LogP contribution is 2.38. The van der Waals surface area contributed by atoms with Crippen molar-refractivity contribution in [3.63, 3.8) is 0 Å². The molecule has 0 unspecified atom stereocenters. The Morgan fingerprint density at radius 2 is 2.00 bits per heavy atom. The first-order valence-corrected chi connectivity index (χ1v) is 7.76. The fourth-order valence-corrected chi connectivity index (χ4v) is 6.05. The van der Waals surface area contributed by atoms with E-state index in [0.717, 1.165) is 0 Å². The van der Waals surface area contributed by atoms with E-state index in [1.54, 1.807) is 0 Å². The normalized spacial score (nSPS) is 32.8. The molecule has 0 aromatic rings. The van der Waals surface area contributed by atoms with Crippen LogP contribution < -0.4 is 0 Å². The summed E-state index contributed by atoms with van der Waals surface area (Å²) in [4.78, 5) is 27.6. The van der Waals surface area contributed by atoms with Crippen LogP contribution in [0.3, 0.4) is 0 Å². The fourth-order valence-electron chi connectivity index (χ4n) is 2.07. The van der Waals surface area contributed by atoms with Gasteiger partial charge in [0.05, 0.1) is 17.5 Å². The summed E-state index contributed by atoms with van der Waals surface area (Å²) in [5.41, 5.74) is 0. The molecule has 2 aliphatic rings. The van der Waals surface area contributed by atoms with Gasteiger partial charge in [0.15, 0.2) is 15.0 Å². The van der Waals surface area contributed by atoms with E-state index >= 15 is 0 Å². The Morgan fingerprint density at radius 3 is 2.53 bits per heavy atom. The van der Waals surface area contributed by atoms with Gasteiger partial charge < -0.3 is 0 Å². The average molecular weight is 276 g/mol. The van der Waals surface area contributed by atoms with Crippen molar-refractivity contribution in [1.29, 1.82) is 0 Å². The molecule has 0 aromatic carbocycles. The molecule has 17 heavy (non-hydrogen) atoms. The van der Waals surface area contributed by atoms with E-state index in [2.05, 4.69) is 4.99 Å². The Bertz CT molecular complexity index is 511. The number of hydrogen-bond acceptors (Lipinski definition) is 5. The van der Waals surface area contributed by atoms with Crippen molar-refractivity contribution in [1.82, 2.24) is 4.90 Å². The minimum atomic E-state index is -3.08. The van der Waals surface area contributed by atoms with Crippen LogP contribution in [0, 0.1) is 0 Å². The molecule has 0 spiro atoms. The van der Waals surface area contributed by atoms with Gasteiger partial charge in [-0.2, -0.15) is 4.99 Å². The van der Waals surface area contributed by atoms with Crippen LogP contribution in [0.5, 0.6) is 0 Å². The monoisotopic (exact) mass is 276 g/mol. The summed E-state index contributed by atoms with van der Waals surface area (Å²) < 4.78 is 23.0. The van der Waals surface area contributed by atoms with Gasteiger partial charge in [-0.1, -0.05) is 11.8 Å². The molecule has 2 atom stereocenters. The van der Waals surface area contributed by atoms with Crippen LogP contribution in [0.4, 0.5) is 0 Å². The molecule has 2 rings (SSSR count). The molecule has 2 amide bonds. The van der Waals surface area contributed by atoms with Crippen LogP contribution in [0.15, 0.2) is 4.99 Å². The number of aliphatic imine (C=N–C) groups is 1. The van der Waals surface area contributed by atoms with Gasteiger partial charge in [0, 0.05) is 19.1 Å². The van der Waals surface area contributed by atoms with Gasteiger partial charge in [-0.3, -0.25) is 14.5 Å². The third kappa shape index (κ3) is 2.37. The maximum atomic E-state index is 11.5. The Labute approximate surface area is 103 Å². The summed E-state index contributed by atoms with van der Waals surface area (Å²) in [6.07, 6.45) is 0. The Kier molecular flexibility index (Phi) is 3.03. The second-order valence-electron chi connectivity index (χ2n) is 4.10. The number of carbonyl (C=O) groups is 2. The molecule has 8 heteroatoms. The number of nitrogens with zero attached hydrogens (tertiary/aromatic N) is 2. The molecule has 0 aromatic heterocycles. The molecule has 0 saturated carbocycles.